The van der Waals surface area contributed by atoms with Crippen molar-refractivity contribution >= 4 is 23.5 Å². The maximum absolute atomic E-state index is 14.1. The Balaban J connectivity index is 1.70. The Hall–Kier alpha value is -5.36. The minimum Gasteiger partial charge on any atom is -0.482 e. The molecule has 0 amide bonds. The van der Waals surface area contributed by atoms with Crippen molar-refractivity contribution in [3.63, 3.8) is 0 Å². The summed E-state index contributed by atoms with van der Waals surface area (Å²) >= 11 is 1.16. The average Bonchev–Trinajstić information content (AvgIpc) is 3.63. The van der Waals surface area contributed by atoms with Crippen LogP contribution in [0.3, 0.4) is 0 Å². The van der Waals surface area contributed by atoms with E-state index in [0.717, 1.165) is 11.3 Å². The van der Waals surface area contributed by atoms with E-state index in [1.165, 1.54) is 24.3 Å². The van der Waals surface area contributed by atoms with Crippen molar-refractivity contribution in [1.82, 2.24) is 0 Å². The highest BCUT2D eigenvalue weighted by atomic mass is 32.1. The predicted molar refractivity (Wildman–Crippen MR) is 132 cm³/mol. The molecule has 0 atom stereocenters. The van der Waals surface area contributed by atoms with Gasteiger partial charge in [0, 0.05) is 0 Å². The van der Waals surface area contributed by atoms with Crippen LogP contribution >= 0.6 is 11.3 Å². The minimum atomic E-state index is -3.21. The molecule has 38 heavy (non-hydrogen) atoms. The first kappa shape index (κ1) is 25.7. The van der Waals surface area contributed by atoms with Crippen molar-refractivity contribution < 1.29 is 27.1 Å². The van der Waals surface area contributed by atoms with Gasteiger partial charge in [0.1, 0.15) is 68.2 Å². The highest BCUT2D eigenvalue weighted by Gasteiger charge is 2.38. The number of alkyl halides is 2. The number of nitriles is 4. The molecule has 3 aromatic heterocycles. The summed E-state index contributed by atoms with van der Waals surface area (Å²) in [5.41, 5.74) is -0.154. The number of allylic oxidation sites excluding steroid dienone is 6. The first-order chi connectivity index (χ1) is 18.4. The van der Waals surface area contributed by atoms with Crippen molar-refractivity contribution in [2.75, 3.05) is 13.2 Å². The van der Waals surface area contributed by atoms with Crippen molar-refractivity contribution in [3.05, 3.63) is 71.2 Å². The Morgan fingerprint density at radius 2 is 1.16 bits per heavy atom. The molecule has 1 aliphatic heterocycles. The zero-order valence-electron chi connectivity index (χ0n) is 19.3. The minimum absolute atomic E-state index is 0.0769. The van der Waals surface area contributed by atoms with Crippen LogP contribution in [-0.4, -0.2) is 19.1 Å². The van der Waals surface area contributed by atoms with Gasteiger partial charge in [-0.1, -0.05) is 12.2 Å². The van der Waals surface area contributed by atoms with E-state index in [1.54, 1.807) is 60.7 Å². The second-order valence-corrected chi connectivity index (χ2v) is 8.60. The Bertz CT molecular complexity index is 1510. The molecule has 0 saturated heterocycles. The van der Waals surface area contributed by atoms with Crippen LogP contribution in [0, 0.1) is 45.3 Å². The number of halogens is 2. The standard InChI is InChI=1S/C27H14F2N4O4S/c28-27(29)15-34-23-24(35-16-27)26(22-10-8-20(37-22)6-2-4-18(13-32)14-33)38-25(23)21-9-7-19(36-21)5-1-3-17(11-30)12-31/h1-10H,15-16H2/b5-1+,6-2+. The summed E-state index contributed by atoms with van der Waals surface area (Å²) in [6.07, 6.45) is 8.71. The third-order valence-electron chi connectivity index (χ3n) is 4.91. The molecule has 4 rings (SSSR count). The molecule has 0 saturated carbocycles. The fourth-order valence-corrected chi connectivity index (χ4v) is 4.30. The first-order valence-corrected chi connectivity index (χ1v) is 11.6. The molecule has 0 spiro atoms. The first-order valence-electron chi connectivity index (χ1n) is 10.7. The van der Waals surface area contributed by atoms with Gasteiger partial charge < -0.3 is 18.3 Å². The van der Waals surface area contributed by atoms with Gasteiger partial charge >= 0.3 is 5.92 Å². The van der Waals surface area contributed by atoms with Gasteiger partial charge in [-0.05, 0) is 48.6 Å². The summed E-state index contributed by atoms with van der Waals surface area (Å²) in [7, 11) is 0. The maximum Gasteiger partial charge on any atom is 0.314 e. The molecule has 0 radical (unpaired) electrons. The summed E-state index contributed by atoms with van der Waals surface area (Å²) in [5, 5.41) is 35.3. The number of thiophene rings is 1. The van der Waals surface area contributed by atoms with Crippen molar-refractivity contribution in [2.45, 2.75) is 5.92 Å². The Morgan fingerprint density at radius 1 is 0.737 bits per heavy atom. The van der Waals surface area contributed by atoms with E-state index < -0.39 is 19.1 Å². The van der Waals surface area contributed by atoms with Crippen LogP contribution in [0.1, 0.15) is 11.5 Å². The van der Waals surface area contributed by atoms with Crippen LogP contribution in [0.4, 0.5) is 8.78 Å². The molecule has 0 unspecified atom stereocenters. The zero-order valence-corrected chi connectivity index (χ0v) is 20.1. The molecule has 186 valence electrons. The Kier molecular flexibility index (Phi) is 7.54. The van der Waals surface area contributed by atoms with E-state index in [2.05, 4.69) is 0 Å². The molecule has 0 fully saturated rings. The van der Waals surface area contributed by atoms with Crippen LogP contribution in [0.25, 0.3) is 33.4 Å². The SMILES string of the molecule is N#CC(C#N)=C/C=C/c1ccc(-c2sc(-c3ccc(/C=C/C=C(C#N)C#N)o3)c3c2OCC(F)(F)CO3)o1. The van der Waals surface area contributed by atoms with E-state index in [-0.39, 0.29) is 22.6 Å². The van der Waals surface area contributed by atoms with E-state index in [0.29, 0.717) is 32.8 Å². The van der Waals surface area contributed by atoms with Gasteiger partial charge in [0.25, 0.3) is 0 Å². The monoisotopic (exact) mass is 528 g/mol. The smallest absolute Gasteiger partial charge is 0.314 e. The number of hydrogen-bond acceptors (Lipinski definition) is 9. The van der Waals surface area contributed by atoms with Gasteiger partial charge in [-0.3, -0.25) is 0 Å². The number of rotatable bonds is 6. The van der Waals surface area contributed by atoms with Gasteiger partial charge in [0.05, 0.1) is 0 Å². The summed E-state index contributed by atoms with van der Waals surface area (Å²) in [4.78, 5) is 0.809. The van der Waals surface area contributed by atoms with Gasteiger partial charge in [-0.15, -0.1) is 11.3 Å². The predicted octanol–water partition coefficient (Wildman–Crippen LogP) is 6.65. The third kappa shape index (κ3) is 5.71. The molecule has 1 aliphatic rings. The second-order valence-electron chi connectivity index (χ2n) is 7.58. The second kappa shape index (κ2) is 11.1. The highest BCUT2D eigenvalue weighted by Crippen LogP contribution is 2.54. The van der Waals surface area contributed by atoms with E-state index in [1.807, 2.05) is 0 Å². The van der Waals surface area contributed by atoms with E-state index >= 15 is 0 Å². The molecule has 0 bridgehead atoms. The summed E-state index contributed by atoms with van der Waals surface area (Å²) in [5.74, 6) is -1.60. The molecule has 8 nitrogen and oxygen atoms in total. The quantitative estimate of drug-likeness (QED) is 0.256. The number of ether oxygens (including phenoxy) is 2. The van der Waals surface area contributed by atoms with Crippen LogP contribution in [0.15, 0.2) is 68.6 Å². The van der Waals surface area contributed by atoms with Crippen molar-refractivity contribution in [2.24, 2.45) is 0 Å². The molecule has 0 aliphatic carbocycles. The lowest BCUT2D eigenvalue weighted by Gasteiger charge is -2.11. The van der Waals surface area contributed by atoms with E-state index in [9.17, 15) is 8.78 Å². The summed E-state index contributed by atoms with van der Waals surface area (Å²) < 4.78 is 50.8. The molecule has 11 heteroatoms. The fourth-order valence-electron chi connectivity index (χ4n) is 3.19. The largest absolute Gasteiger partial charge is 0.482 e. The fraction of sp³-hybridized carbons (Fsp3) is 0.111. The van der Waals surface area contributed by atoms with Crippen LogP contribution in [-0.2, 0) is 0 Å². The molecule has 3 aromatic rings. The summed E-state index contributed by atoms with van der Waals surface area (Å²) in [6.45, 7) is -1.77. The highest BCUT2D eigenvalue weighted by molar-refractivity contribution is 7.19. The maximum atomic E-state index is 14.1. The van der Waals surface area contributed by atoms with Gasteiger partial charge in [0.15, 0.2) is 24.7 Å². The number of hydrogen-bond donors (Lipinski definition) is 0. The number of nitrogens with zero attached hydrogens (tertiary/aromatic N) is 4. The average molecular weight is 528 g/mol. The van der Waals surface area contributed by atoms with Crippen LogP contribution < -0.4 is 9.47 Å². The Morgan fingerprint density at radius 3 is 1.55 bits per heavy atom. The molecule has 0 aromatic carbocycles. The summed E-state index contributed by atoms with van der Waals surface area (Å²) in [6, 6.07) is 13.5. The topological polar surface area (TPSA) is 140 Å². The van der Waals surface area contributed by atoms with Crippen molar-refractivity contribution in [3.8, 4) is 57.1 Å². The van der Waals surface area contributed by atoms with E-state index in [4.69, 9.17) is 39.4 Å². The van der Waals surface area contributed by atoms with Crippen LogP contribution in [0.2, 0.25) is 0 Å². The van der Waals surface area contributed by atoms with Gasteiger partial charge in [-0.25, -0.2) is 0 Å². The molecule has 0 N–H and O–H groups in total. The molecule has 4 heterocycles. The number of fused-ring (bicyclic) bond motifs is 1. The molecular formula is C27H14F2N4O4S. The van der Waals surface area contributed by atoms with Crippen LogP contribution in [0.5, 0.6) is 11.5 Å². The molecular weight excluding hydrogens is 514 g/mol. The lowest BCUT2D eigenvalue weighted by Crippen LogP contribution is -2.30. The number of furan rings is 2. The van der Waals surface area contributed by atoms with Gasteiger partial charge in [-0.2, -0.15) is 29.8 Å². The Labute approximate surface area is 219 Å². The lowest BCUT2D eigenvalue weighted by atomic mass is 10.2. The van der Waals surface area contributed by atoms with Gasteiger partial charge in [0.2, 0.25) is 0 Å². The normalized spacial score (nSPS) is 13.6. The van der Waals surface area contributed by atoms with Crippen molar-refractivity contribution in [1.29, 1.82) is 21.0 Å². The lowest BCUT2D eigenvalue weighted by molar-refractivity contribution is -0.0621. The zero-order chi connectivity index (χ0) is 27.1. The third-order valence-corrected chi connectivity index (χ3v) is 6.09.